The summed E-state index contributed by atoms with van der Waals surface area (Å²) in [6.45, 7) is 5.70. The fourth-order valence-corrected chi connectivity index (χ4v) is 2.81. The van der Waals surface area contributed by atoms with E-state index in [1.54, 1.807) is 0 Å². The molecule has 0 aliphatic carbocycles. The number of likely N-dealkylation sites (tertiary alicyclic amines) is 1. The van der Waals surface area contributed by atoms with Crippen LogP contribution in [0.3, 0.4) is 0 Å². The molecule has 0 aromatic carbocycles. The summed E-state index contributed by atoms with van der Waals surface area (Å²) >= 11 is 0. The van der Waals surface area contributed by atoms with E-state index in [0.29, 0.717) is 18.9 Å². The van der Waals surface area contributed by atoms with Gasteiger partial charge in [0, 0.05) is 25.6 Å². The van der Waals surface area contributed by atoms with Crippen molar-refractivity contribution in [1.82, 2.24) is 10.2 Å². The lowest BCUT2D eigenvalue weighted by Crippen LogP contribution is -2.48. The average Bonchev–Trinajstić information content (AvgIpc) is 2.44. The van der Waals surface area contributed by atoms with Crippen LogP contribution in [-0.2, 0) is 4.79 Å². The van der Waals surface area contributed by atoms with Crippen molar-refractivity contribution >= 4 is 12.0 Å². The highest BCUT2D eigenvalue weighted by atomic mass is 16.4. The lowest BCUT2D eigenvalue weighted by atomic mass is 9.93. The number of rotatable bonds is 7. The molecule has 20 heavy (non-hydrogen) atoms. The zero-order valence-corrected chi connectivity index (χ0v) is 12.7. The van der Waals surface area contributed by atoms with Crippen LogP contribution in [0.25, 0.3) is 0 Å². The molecule has 5 nitrogen and oxygen atoms in total. The molecule has 0 saturated carbocycles. The predicted octanol–water partition coefficient (Wildman–Crippen LogP) is 2.85. The van der Waals surface area contributed by atoms with E-state index in [9.17, 15) is 9.59 Å². The van der Waals surface area contributed by atoms with Gasteiger partial charge in [0.05, 0.1) is 0 Å². The van der Waals surface area contributed by atoms with E-state index in [4.69, 9.17) is 5.11 Å². The molecule has 5 heteroatoms. The molecule has 2 unspecified atom stereocenters. The van der Waals surface area contributed by atoms with Crippen molar-refractivity contribution in [2.45, 2.75) is 64.8 Å². The van der Waals surface area contributed by atoms with E-state index >= 15 is 0 Å². The van der Waals surface area contributed by atoms with E-state index < -0.39 is 5.97 Å². The Hall–Kier alpha value is -1.26. The Balaban J connectivity index is 2.41. The first-order valence-electron chi connectivity index (χ1n) is 7.84. The van der Waals surface area contributed by atoms with Gasteiger partial charge in [-0.1, -0.05) is 20.3 Å². The Kier molecular flexibility index (Phi) is 7.41. The zero-order chi connectivity index (χ0) is 15.0. The van der Waals surface area contributed by atoms with Gasteiger partial charge in [-0.2, -0.15) is 0 Å². The summed E-state index contributed by atoms with van der Waals surface area (Å²) in [5.41, 5.74) is 0. The average molecular weight is 284 g/mol. The van der Waals surface area contributed by atoms with Gasteiger partial charge in [-0.3, -0.25) is 4.79 Å². The molecule has 0 bridgehead atoms. The number of carbonyl (C=O) groups is 2. The molecule has 0 spiro atoms. The molecule has 116 valence electrons. The molecule has 1 rings (SSSR count). The Morgan fingerprint density at radius 1 is 1.40 bits per heavy atom. The lowest BCUT2D eigenvalue weighted by molar-refractivity contribution is -0.137. The van der Waals surface area contributed by atoms with Crippen LogP contribution in [-0.4, -0.2) is 41.1 Å². The molecule has 2 atom stereocenters. The molecule has 1 aliphatic heterocycles. The van der Waals surface area contributed by atoms with Crippen molar-refractivity contribution in [2.75, 3.05) is 13.1 Å². The molecule has 1 fully saturated rings. The summed E-state index contributed by atoms with van der Waals surface area (Å²) in [5.74, 6) is -0.419. The fourth-order valence-electron chi connectivity index (χ4n) is 2.81. The molecular formula is C15H28N2O3. The minimum atomic E-state index is -0.749. The van der Waals surface area contributed by atoms with Gasteiger partial charge in [-0.25, -0.2) is 4.79 Å². The van der Waals surface area contributed by atoms with Crippen molar-refractivity contribution in [3.05, 3.63) is 0 Å². The van der Waals surface area contributed by atoms with Crippen LogP contribution in [0.5, 0.6) is 0 Å². The topological polar surface area (TPSA) is 69.6 Å². The molecule has 1 aliphatic rings. The quantitative estimate of drug-likeness (QED) is 0.755. The number of nitrogens with one attached hydrogen (secondary N) is 1. The van der Waals surface area contributed by atoms with E-state index in [2.05, 4.69) is 19.2 Å². The van der Waals surface area contributed by atoms with Crippen LogP contribution < -0.4 is 5.32 Å². The second-order valence-corrected chi connectivity index (χ2v) is 5.73. The molecule has 2 N–H and O–H groups in total. The SMILES string of the molecule is CCCC(CC)NC(=O)N1CCCC(CCC(=O)O)C1. The zero-order valence-electron chi connectivity index (χ0n) is 12.7. The van der Waals surface area contributed by atoms with Gasteiger partial charge in [-0.15, -0.1) is 0 Å². The van der Waals surface area contributed by atoms with Gasteiger partial charge >= 0.3 is 12.0 Å². The van der Waals surface area contributed by atoms with E-state index in [-0.39, 0.29) is 18.5 Å². The largest absolute Gasteiger partial charge is 0.481 e. The van der Waals surface area contributed by atoms with Crippen molar-refractivity contribution in [3.63, 3.8) is 0 Å². The normalized spacial score (nSPS) is 20.5. The number of piperidine rings is 1. The predicted molar refractivity (Wildman–Crippen MR) is 78.7 cm³/mol. The van der Waals surface area contributed by atoms with Crippen molar-refractivity contribution in [3.8, 4) is 0 Å². The Morgan fingerprint density at radius 3 is 2.75 bits per heavy atom. The van der Waals surface area contributed by atoms with Crippen molar-refractivity contribution < 1.29 is 14.7 Å². The first kappa shape index (κ1) is 16.8. The van der Waals surface area contributed by atoms with E-state index in [0.717, 1.165) is 38.6 Å². The molecule has 0 aromatic rings. The minimum Gasteiger partial charge on any atom is -0.481 e. The Labute approximate surface area is 121 Å². The summed E-state index contributed by atoms with van der Waals surface area (Å²) in [6, 6.07) is 0.275. The second kappa shape index (κ2) is 8.82. The number of hydrogen-bond donors (Lipinski definition) is 2. The summed E-state index contributed by atoms with van der Waals surface area (Å²) < 4.78 is 0. The van der Waals surface area contributed by atoms with Gasteiger partial charge in [0.1, 0.15) is 0 Å². The van der Waals surface area contributed by atoms with Gasteiger partial charge < -0.3 is 15.3 Å². The fraction of sp³-hybridized carbons (Fsp3) is 0.867. The maximum Gasteiger partial charge on any atom is 0.317 e. The van der Waals surface area contributed by atoms with Crippen LogP contribution >= 0.6 is 0 Å². The maximum atomic E-state index is 12.2. The summed E-state index contributed by atoms with van der Waals surface area (Å²) in [4.78, 5) is 24.7. The number of nitrogens with zero attached hydrogens (tertiary/aromatic N) is 1. The number of amides is 2. The Morgan fingerprint density at radius 2 is 2.15 bits per heavy atom. The molecule has 1 saturated heterocycles. The first-order valence-corrected chi connectivity index (χ1v) is 7.84. The third-order valence-corrected chi connectivity index (χ3v) is 4.03. The van der Waals surface area contributed by atoms with Gasteiger partial charge in [0.2, 0.25) is 0 Å². The second-order valence-electron chi connectivity index (χ2n) is 5.73. The highest BCUT2D eigenvalue weighted by Gasteiger charge is 2.24. The molecular weight excluding hydrogens is 256 g/mol. The number of hydrogen-bond acceptors (Lipinski definition) is 2. The maximum absolute atomic E-state index is 12.2. The van der Waals surface area contributed by atoms with Crippen LogP contribution in [0.15, 0.2) is 0 Å². The first-order chi connectivity index (χ1) is 9.56. The number of urea groups is 1. The van der Waals surface area contributed by atoms with Gasteiger partial charge in [0.15, 0.2) is 0 Å². The monoisotopic (exact) mass is 284 g/mol. The number of carboxylic acid groups (broad SMARTS) is 1. The molecule has 0 radical (unpaired) electrons. The standard InChI is InChI=1S/C15H28N2O3/c1-3-6-13(4-2)16-15(20)17-10-5-7-12(11-17)8-9-14(18)19/h12-13H,3-11H2,1-2H3,(H,16,20)(H,18,19). The number of aliphatic carboxylic acids is 1. The number of carbonyl (C=O) groups excluding carboxylic acids is 1. The van der Waals surface area contributed by atoms with Gasteiger partial charge in [-0.05, 0) is 38.0 Å². The third kappa shape index (κ3) is 5.80. The van der Waals surface area contributed by atoms with Gasteiger partial charge in [0.25, 0.3) is 0 Å². The van der Waals surface area contributed by atoms with Crippen LogP contribution in [0.4, 0.5) is 4.79 Å². The highest BCUT2D eigenvalue weighted by molar-refractivity contribution is 5.74. The molecule has 0 aromatic heterocycles. The summed E-state index contributed by atoms with van der Waals surface area (Å²) in [5, 5.41) is 11.8. The summed E-state index contributed by atoms with van der Waals surface area (Å²) in [7, 11) is 0. The number of carboxylic acids is 1. The third-order valence-electron chi connectivity index (χ3n) is 4.03. The molecule has 2 amide bonds. The van der Waals surface area contributed by atoms with Crippen LogP contribution in [0, 0.1) is 5.92 Å². The van der Waals surface area contributed by atoms with E-state index in [1.165, 1.54) is 0 Å². The lowest BCUT2D eigenvalue weighted by Gasteiger charge is -2.33. The molecule has 1 heterocycles. The highest BCUT2D eigenvalue weighted by Crippen LogP contribution is 2.21. The van der Waals surface area contributed by atoms with Crippen molar-refractivity contribution in [1.29, 1.82) is 0 Å². The van der Waals surface area contributed by atoms with Crippen LogP contribution in [0.1, 0.15) is 58.8 Å². The smallest absolute Gasteiger partial charge is 0.317 e. The minimum absolute atomic E-state index is 0.0188. The Bertz CT molecular complexity index is 320. The van der Waals surface area contributed by atoms with E-state index in [1.807, 2.05) is 4.90 Å². The van der Waals surface area contributed by atoms with Crippen LogP contribution in [0.2, 0.25) is 0 Å². The summed E-state index contributed by atoms with van der Waals surface area (Å²) in [6.07, 6.45) is 5.92. The van der Waals surface area contributed by atoms with Crippen molar-refractivity contribution in [2.24, 2.45) is 5.92 Å².